The lowest BCUT2D eigenvalue weighted by molar-refractivity contribution is -0.385. The zero-order valence-corrected chi connectivity index (χ0v) is 20.0. The molecule has 0 bridgehead atoms. The van der Waals surface area contributed by atoms with Crippen LogP contribution in [0, 0.1) is 34.1 Å². The summed E-state index contributed by atoms with van der Waals surface area (Å²) in [5, 5.41) is 21.7. The lowest BCUT2D eigenvalue weighted by atomic mass is 10.2. The van der Waals surface area contributed by atoms with Crippen molar-refractivity contribution in [1.29, 1.82) is 0 Å². The molecule has 12 heteroatoms. The monoisotopic (exact) mass is 512 g/mol. The molecule has 0 N–H and O–H groups in total. The van der Waals surface area contributed by atoms with Gasteiger partial charge in [-0.1, -0.05) is 23.7 Å². The number of aromatic nitrogens is 1. The first-order valence-corrected chi connectivity index (χ1v) is 11.4. The first kappa shape index (κ1) is 24.2. The highest BCUT2D eigenvalue weighted by atomic mass is 35.5. The second-order valence-electron chi connectivity index (χ2n) is 7.75. The molecule has 0 aliphatic carbocycles. The fourth-order valence-electron chi connectivity index (χ4n) is 3.79. The number of carbonyl (C=O) groups is 2. The molecule has 0 spiro atoms. The highest BCUT2D eigenvalue weighted by molar-refractivity contribution is 8.18. The predicted molar refractivity (Wildman–Crippen MR) is 132 cm³/mol. The Kier molecular flexibility index (Phi) is 6.46. The van der Waals surface area contributed by atoms with Crippen LogP contribution < -0.4 is 0 Å². The van der Waals surface area contributed by atoms with Crippen molar-refractivity contribution < 1.29 is 19.4 Å². The molecule has 35 heavy (non-hydrogen) atoms. The molecule has 1 aromatic heterocycles. The Morgan fingerprint density at radius 3 is 2.31 bits per heavy atom. The zero-order chi connectivity index (χ0) is 25.4. The SMILES string of the molecule is Cc1cc(/C=C2\SC(=O)N(Cc3ccc([N+](=O)[O-])cc3)C2=O)c(C)n1-c1ccc(Cl)c([N+](=O)[O-])c1. The summed E-state index contributed by atoms with van der Waals surface area (Å²) in [5.74, 6) is -0.467. The Bertz CT molecular complexity index is 1430. The number of nitro groups is 2. The van der Waals surface area contributed by atoms with Gasteiger partial charge in [0.1, 0.15) is 5.02 Å². The van der Waals surface area contributed by atoms with E-state index >= 15 is 0 Å². The molecule has 0 saturated carbocycles. The van der Waals surface area contributed by atoms with Crippen LogP contribution in [0.1, 0.15) is 22.5 Å². The number of aryl methyl sites for hydroxylation is 1. The number of amides is 2. The van der Waals surface area contributed by atoms with Crippen LogP contribution in [0.5, 0.6) is 0 Å². The van der Waals surface area contributed by atoms with Crippen molar-refractivity contribution in [2.24, 2.45) is 0 Å². The quantitative estimate of drug-likeness (QED) is 0.232. The van der Waals surface area contributed by atoms with Crippen LogP contribution in [0.25, 0.3) is 11.8 Å². The van der Waals surface area contributed by atoms with Crippen LogP contribution in [-0.4, -0.2) is 30.5 Å². The summed E-state index contributed by atoms with van der Waals surface area (Å²) in [6.45, 7) is 3.62. The summed E-state index contributed by atoms with van der Waals surface area (Å²) in [6, 6.07) is 12.0. The van der Waals surface area contributed by atoms with Crippen LogP contribution in [0.3, 0.4) is 0 Å². The van der Waals surface area contributed by atoms with Gasteiger partial charge in [0, 0.05) is 29.6 Å². The van der Waals surface area contributed by atoms with Gasteiger partial charge in [-0.3, -0.25) is 34.7 Å². The Hall–Kier alpha value is -3.96. The van der Waals surface area contributed by atoms with Gasteiger partial charge in [0.2, 0.25) is 0 Å². The molecule has 1 aliphatic rings. The highest BCUT2D eigenvalue weighted by Gasteiger charge is 2.35. The van der Waals surface area contributed by atoms with Crippen molar-refractivity contribution in [1.82, 2.24) is 9.47 Å². The summed E-state index contributed by atoms with van der Waals surface area (Å²) in [4.78, 5) is 47.8. The fraction of sp³-hybridized carbons (Fsp3) is 0.130. The average Bonchev–Trinajstić information content (AvgIpc) is 3.23. The molecule has 0 radical (unpaired) electrons. The minimum Gasteiger partial charge on any atom is -0.318 e. The van der Waals surface area contributed by atoms with E-state index in [0.717, 1.165) is 28.0 Å². The van der Waals surface area contributed by atoms with Crippen LogP contribution in [-0.2, 0) is 11.3 Å². The number of thioether (sulfide) groups is 1. The molecule has 1 aliphatic heterocycles. The summed E-state index contributed by atoms with van der Waals surface area (Å²) >= 11 is 6.74. The van der Waals surface area contributed by atoms with Crippen molar-refractivity contribution in [2.75, 3.05) is 0 Å². The number of halogens is 1. The number of benzene rings is 2. The van der Waals surface area contributed by atoms with Gasteiger partial charge in [-0.25, -0.2) is 0 Å². The van der Waals surface area contributed by atoms with Crippen molar-refractivity contribution in [2.45, 2.75) is 20.4 Å². The van der Waals surface area contributed by atoms with E-state index < -0.39 is 21.0 Å². The summed E-state index contributed by atoms with van der Waals surface area (Å²) < 4.78 is 1.80. The standard InChI is InChI=1S/C23H17ClN4O6S/c1-13-9-16(14(2)26(13)18-7-8-19(24)20(11-18)28(33)34)10-21-22(29)25(23(30)35-21)12-15-3-5-17(6-4-15)27(31)32/h3-11H,12H2,1-2H3/b21-10-. The third-order valence-corrected chi connectivity index (χ3v) is 6.73. The van der Waals surface area contributed by atoms with Crippen LogP contribution in [0.4, 0.5) is 16.2 Å². The third kappa shape index (κ3) is 4.68. The fourth-order valence-corrected chi connectivity index (χ4v) is 4.81. The minimum atomic E-state index is -0.554. The number of rotatable bonds is 6. The van der Waals surface area contributed by atoms with Crippen LogP contribution in [0.2, 0.25) is 5.02 Å². The molecule has 178 valence electrons. The Morgan fingerprint density at radius 2 is 1.69 bits per heavy atom. The first-order valence-electron chi connectivity index (χ1n) is 10.2. The summed E-state index contributed by atoms with van der Waals surface area (Å²) in [5.41, 5.74) is 3.01. The maximum Gasteiger partial charge on any atom is 0.293 e. The molecule has 0 atom stereocenters. The van der Waals surface area contributed by atoms with Gasteiger partial charge in [0.15, 0.2) is 0 Å². The van der Waals surface area contributed by atoms with Crippen molar-refractivity contribution in [3.05, 3.63) is 101 Å². The van der Waals surface area contributed by atoms with Gasteiger partial charge in [-0.05, 0) is 61.0 Å². The van der Waals surface area contributed by atoms with Crippen LogP contribution >= 0.6 is 23.4 Å². The number of hydrogen-bond donors (Lipinski definition) is 0. The molecule has 2 heterocycles. The van der Waals surface area contributed by atoms with Crippen molar-refractivity contribution >= 4 is 52.0 Å². The van der Waals surface area contributed by atoms with E-state index in [-0.39, 0.29) is 27.8 Å². The van der Waals surface area contributed by atoms with Gasteiger partial charge >= 0.3 is 0 Å². The number of nitro benzene ring substituents is 2. The molecular formula is C23H17ClN4O6S. The van der Waals surface area contributed by atoms with Crippen molar-refractivity contribution in [3.8, 4) is 5.69 Å². The number of carbonyl (C=O) groups excluding carboxylic acids is 2. The molecule has 10 nitrogen and oxygen atoms in total. The van der Waals surface area contributed by atoms with Gasteiger partial charge in [-0.15, -0.1) is 0 Å². The van der Waals surface area contributed by atoms with Gasteiger partial charge < -0.3 is 4.57 Å². The molecule has 2 aromatic carbocycles. The number of imide groups is 1. The van der Waals surface area contributed by atoms with E-state index in [1.54, 1.807) is 23.6 Å². The number of nitrogens with zero attached hydrogens (tertiary/aromatic N) is 4. The predicted octanol–water partition coefficient (Wildman–Crippen LogP) is 5.80. The van der Waals surface area contributed by atoms with E-state index in [4.69, 9.17) is 11.6 Å². The maximum absolute atomic E-state index is 12.9. The maximum atomic E-state index is 12.9. The number of hydrogen-bond acceptors (Lipinski definition) is 7. The molecule has 3 aromatic rings. The van der Waals surface area contributed by atoms with Gasteiger partial charge in [-0.2, -0.15) is 0 Å². The number of non-ortho nitro benzene ring substituents is 1. The largest absolute Gasteiger partial charge is 0.318 e. The lowest BCUT2D eigenvalue weighted by Crippen LogP contribution is -2.27. The normalized spacial score (nSPS) is 14.7. The van der Waals surface area contributed by atoms with E-state index in [2.05, 4.69) is 0 Å². The third-order valence-electron chi connectivity index (χ3n) is 5.50. The van der Waals surface area contributed by atoms with Crippen LogP contribution in [0.15, 0.2) is 53.4 Å². The molecule has 1 fully saturated rings. The second kappa shape index (κ2) is 9.35. The molecule has 1 saturated heterocycles. The minimum absolute atomic E-state index is 0.00648. The molecule has 4 rings (SSSR count). The average molecular weight is 513 g/mol. The molecule has 0 unspecified atom stereocenters. The first-order chi connectivity index (χ1) is 16.6. The van der Waals surface area contributed by atoms with E-state index in [0.29, 0.717) is 16.8 Å². The summed E-state index contributed by atoms with van der Waals surface area (Å²) in [6.07, 6.45) is 1.61. The second-order valence-corrected chi connectivity index (χ2v) is 9.15. The van der Waals surface area contributed by atoms with Gasteiger partial charge in [0.05, 0.1) is 27.0 Å². The topological polar surface area (TPSA) is 129 Å². The smallest absolute Gasteiger partial charge is 0.293 e. The summed E-state index contributed by atoms with van der Waals surface area (Å²) in [7, 11) is 0. The van der Waals surface area contributed by atoms with E-state index in [1.165, 1.54) is 36.4 Å². The molecular weight excluding hydrogens is 496 g/mol. The Labute approximate surface area is 208 Å². The van der Waals surface area contributed by atoms with E-state index in [9.17, 15) is 29.8 Å². The Balaban J connectivity index is 1.61. The Morgan fingerprint density at radius 1 is 1.00 bits per heavy atom. The zero-order valence-electron chi connectivity index (χ0n) is 18.4. The van der Waals surface area contributed by atoms with Crippen molar-refractivity contribution in [3.63, 3.8) is 0 Å². The highest BCUT2D eigenvalue weighted by Crippen LogP contribution is 2.35. The van der Waals surface area contributed by atoms with E-state index in [1.807, 2.05) is 13.0 Å². The molecule has 2 amide bonds. The van der Waals surface area contributed by atoms with Gasteiger partial charge in [0.25, 0.3) is 22.5 Å². The lowest BCUT2D eigenvalue weighted by Gasteiger charge is -2.12.